The maximum Gasteiger partial charge on any atom is 0.225 e. The fourth-order valence-electron chi connectivity index (χ4n) is 1.40. The minimum atomic E-state index is -0.0400. The lowest BCUT2D eigenvalue weighted by atomic mass is 10.2. The predicted octanol–water partition coefficient (Wildman–Crippen LogP) is 1.99. The Bertz CT molecular complexity index is 413. The number of methoxy groups -OCH3 is 2. The Balaban J connectivity index is 2.36. The Kier molecular flexibility index (Phi) is 7.14. The average Bonchev–Trinajstić information content (AvgIpc) is 2.41. The van der Waals surface area contributed by atoms with Crippen LogP contribution in [0.15, 0.2) is 18.2 Å². The van der Waals surface area contributed by atoms with E-state index in [-0.39, 0.29) is 5.91 Å². The van der Waals surface area contributed by atoms with Gasteiger partial charge in [0.1, 0.15) is 5.75 Å². The number of carbonyl (C=O) groups is 1. The molecule has 1 aromatic rings. The Hall–Kier alpha value is -1.40. The number of anilines is 2. The molecule has 1 amide bonds. The van der Waals surface area contributed by atoms with Gasteiger partial charge >= 0.3 is 0 Å². The van der Waals surface area contributed by atoms with Crippen LogP contribution in [0.5, 0.6) is 5.75 Å². The van der Waals surface area contributed by atoms with Crippen molar-refractivity contribution in [2.24, 2.45) is 0 Å². The monoisotopic (exact) mass is 284 g/mol. The molecule has 0 spiro atoms. The van der Waals surface area contributed by atoms with Gasteiger partial charge < -0.3 is 20.5 Å². The summed E-state index contributed by atoms with van der Waals surface area (Å²) in [5, 5.41) is 2.79. The van der Waals surface area contributed by atoms with Crippen molar-refractivity contribution in [2.45, 2.75) is 6.42 Å². The molecule has 1 rings (SSSR count). The molecule has 5 nitrogen and oxygen atoms in total. The van der Waals surface area contributed by atoms with Crippen LogP contribution in [0.1, 0.15) is 6.42 Å². The quantitative estimate of drug-likeness (QED) is 0.564. The fraction of sp³-hybridized carbons (Fsp3) is 0.462. The first-order valence-corrected chi connectivity index (χ1v) is 7.13. The lowest BCUT2D eigenvalue weighted by Gasteiger charge is -2.09. The van der Waals surface area contributed by atoms with E-state index in [1.807, 2.05) is 0 Å². The van der Waals surface area contributed by atoms with Crippen LogP contribution in [-0.4, -0.2) is 38.2 Å². The van der Waals surface area contributed by atoms with E-state index in [1.165, 1.54) is 0 Å². The molecule has 0 saturated heterocycles. The molecule has 0 aliphatic carbocycles. The molecular weight excluding hydrogens is 264 g/mol. The third kappa shape index (κ3) is 5.85. The van der Waals surface area contributed by atoms with Gasteiger partial charge in [-0.3, -0.25) is 4.79 Å². The van der Waals surface area contributed by atoms with E-state index in [9.17, 15) is 4.79 Å². The number of hydrogen-bond donors (Lipinski definition) is 2. The highest BCUT2D eigenvalue weighted by Gasteiger charge is 2.06. The predicted molar refractivity (Wildman–Crippen MR) is 79.9 cm³/mol. The highest BCUT2D eigenvalue weighted by atomic mass is 32.2. The van der Waals surface area contributed by atoms with Gasteiger partial charge in [0.05, 0.1) is 25.1 Å². The smallest absolute Gasteiger partial charge is 0.225 e. The zero-order valence-electron chi connectivity index (χ0n) is 11.3. The van der Waals surface area contributed by atoms with Gasteiger partial charge in [-0.15, -0.1) is 0 Å². The summed E-state index contributed by atoms with van der Waals surface area (Å²) >= 11 is 1.69. The molecule has 0 heterocycles. The van der Waals surface area contributed by atoms with E-state index in [0.717, 1.165) is 11.5 Å². The van der Waals surface area contributed by atoms with Crippen molar-refractivity contribution < 1.29 is 14.3 Å². The Morgan fingerprint density at radius 2 is 2.16 bits per heavy atom. The van der Waals surface area contributed by atoms with Crippen molar-refractivity contribution in [1.29, 1.82) is 0 Å². The normalized spacial score (nSPS) is 10.2. The fourth-order valence-corrected chi connectivity index (χ4v) is 2.22. The minimum Gasteiger partial charge on any atom is -0.497 e. The maximum atomic E-state index is 11.7. The first kappa shape index (κ1) is 15.7. The number of rotatable bonds is 8. The van der Waals surface area contributed by atoms with Crippen LogP contribution in [0.3, 0.4) is 0 Å². The molecule has 0 atom stereocenters. The molecule has 0 aromatic heterocycles. The van der Waals surface area contributed by atoms with Crippen LogP contribution in [0.25, 0.3) is 0 Å². The van der Waals surface area contributed by atoms with E-state index >= 15 is 0 Å². The largest absolute Gasteiger partial charge is 0.497 e. The van der Waals surface area contributed by atoms with Crippen molar-refractivity contribution in [3.05, 3.63) is 18.2 Å². The number of nitrogens with one attached hydrogen (secondary N) is 1. The van der Waals surface area contributed by atoms with Gasteiger partial charge in [-0.2, -0.15) is 11.8 Å². The first-order chi connectivity index (χ1) is 9.17. The van der Waals surface area contributed by atoms with Crippen molar-refractivity contribution in [2.75, 3.05) is 43.4 Å². The van der Waals surface area contributed by atoms with E-state index in [4.69, 9.17) is 15.2 Å². The number of amides is 1. The van der Waals surface area contributed by atoms with Gasteiger partial charge in [0.25, 0.3) is 0 Å². The third-order valence-electron chi connectivity index (χ3n) is 2.44. The van der Waals surface area contributed by atoms with Gasteiger partial charge in [-0.25, -0.2) is 0 Å². The van der Waals surface area contributed by atoms with E-state index in [1.54, 1.807) is 44.2 Å². The molecule has 0 aliphatic heterocycles. The molecule has 0 saturated carbocycles. The summed E-state index contributed by atoms with van der Waals surface area (Å²) in [6.45, 7) is 0.706. The van der Waals surface area contributed by atoms with Gasteiger partial charge in [0.2, 0.25) is 5.91 Å². The second-order valence-electron chi connectivity index (χ2n) is 3.86. The lowest BCUT2D eigenvalue weighted by molar-refractivity contribution is -0.115. The summed E-state index contributed by atoms with van der Waals surface area (Å²) in [5.74, 6) is 2.30. The zero-order chi connectivity index (χ0) is 14.1. The van der Waals surface area contributed by atoms with Crippen LogP contribution >= 0.6 is 11.8 Å². The average molecular weight is 284 g/mol. The summed E-state index contributed by atoms with van der Waals surface area (Å²) in [4.78, 5) is 11.7. The number of benzene rings is 1. The molecular formula is C13H20N2O3S. The molecule has 3 N–H and O–H groups in total. The van der Waals surface area contributed by atoms with E-state index < -0.39 is 0 Å². The second kappa shape index (κ2) is 8.66. The first-order valence-electron chi connectivity index (χ1n) is 5.97. The zero-order valence-corrected chi connectivity index (χ0v) is 12.1. The Labute approximate surface area is 117 Å². The number of thioether (sulfide) groups is 1. The van der Waals surface area contributed by atoms with Gasteiger partial charge in [0.15, 0.2) is 0 Å². The minimum absolute atomic E-state index is 0.0400. The van der Waals surface area contributed by atoms with Crippen LogP contribution in [-0.2, 0) is 9.53 Å². The number of hydrogen-bond acceptors (Lipinski definition) is 5. The summed E-state index contributed by atoms with van der Waals surface area (Å²) in [6, 6.07) is 5.19. The molecule has 0 aliphatic rings. The maximum absolute atomic E-state index is 11.7. The van der Waals surface area contributed by atoms with Crippen LogP contribution < -0.4 is 15.8 Å². The summed E-state index contributed by atoms with van der Waals surface area (Å²) in [5.41, 5.74) is 6.94. The molecule has 106 valence electrons. The summed E-state index contributed by atoms with van der Waals surface area (Å²) < 4.78 is 9.98. The molecule has 19 heavy (non-hydrogen) atoms. The Morgan fingerprint density at radius 1 is 1.37 bits per heavy atom. The summed E-state index contributed by atoms with van der Waals surface area (Å²) in [7, 11) is 3.24. The molecule has 0 fully saturated rings. The number of carbonyl (C=O) groups excluding carboxylic acids is 1. The molecule has 6 heteroatoms. The van der Waals surface area contributed by atoms with Crippen LogP contribution in [0, 0.1) is 0 Å². The molecule has 1 aromatic carbocycles. The Morgan fingerprint density at radius 3 is 2.79 bits per heavy atom. The standard InChI is InChI=1S/C13H20N2O3S/c1-17-6-8-19-7-5-13(16)15-12-4-3-10(18-2)9-11(12)14/h3-4,9H,5-8,14H2,1-2H3,(H,15,16). The highest BCUT2D eigenvalue weighted by Crippen LogP contribution is 2.24. The van der Waals surface area contributed by atoms with Crippen LogP contribution in [0.2, 0.25) is 0 Å². The highest BCUT2D eigenvalue weighted by molar-refractivity contribution is 7.99. The molecule has 0 unspecified atom stereocenters. The van der Waals surface area contributed by atoms with Gasteiger partial charge in [-0.1, -0.05) is 0 Å². The van der Waals surface area contributed by atoms with Crippen molar-refractivity contribution in [3.8, 4) is 5.75 Å². The third-order valence-corrected chi connectivity index (χ3v) is 3.39. The second-order valence-corrected chi connectivity index (χ2v) is 5.08. The van der Waals surface area contributed by atoms with Crippen molar-refractivity contribution >= 4 is 29.0 Å². The number of nitrogen functional groups attached to an aromatic ring is 1. The number of nitrogens with two attached hydrogens (primary N) is 1. The SMILES string of the molecule is COCCSCCC(=O)Nc1ccc(OC)cc1N. The van der Waals surface area contributed by atoms with Gasteiger partial charge in [0, 0.05) is 31.1 Å². The molecule has 0 bridgehead atoms. The van der Waals surface area contributed by atoms with Crippen LogP contribution in [0.4, 0.5) is 11.4 Å². The molecule has 0 radical (unpaired) electrons. The topological polar surface area (TPSA) is 73.6 Å². The van der Waals surface area contributed by atoms with Crippen molar-refractivity contribution in [1.82, 2.24) is 0 Å². The van der Waals surface area contributed by atoms with Gasteiger partial charge in [-0.05, 0) is 12.1 Å². The van der Waals surface area contributed by atoms with E-state index in [0.29, 0.717) is 30.2 Å². The van der Waals surface area contributed by atoms with Crippen molar-refractivity contribution in [3.63, 3.8) is 0 Å². The van der Waals surface area contributed by atoms with E-state index in [2.05, 4.69) is 5.32 Å². The lowest BCUT2D eigenvalue weighted by Crippen LogP contribution is -2.13. The number of ether oxygens (including phenoxy) is 2. The summed E-state index contributed by atoms with van der Waals surface area (Å²) in [6.07, 6.45) is 0.458.